The summed E-state index contributed by atoms with van der Waals surface area (Å²) in [5, 5.41) is 5.13. The number of nitrogens with one attached hydrogen (secondary N) is 2. The second-order valence-corrected chi connectivity index (χ2v) is 6.89. The Kier molecular flexibility index (Phi) is 6.14. The number of Topliss-reactive ketones (excluding diaryl/α,β-unsaturated/α-hetero) is 1. The van der Waals surface area contributed by atoms with Gasteiger partial charge in [-0.2, -0.15) is 0 Å². The molecule has 0 aliphatic carbocycles. The lowest BCUT2D eigenvalue weighted by atomic mass is 10.1. The van der Waals surface area contributed by atoms with Crippen LogP contribution >= 0.6 is 0 Å². The Bertz CT molecular complexity index is 620. The number of alkyl carbamates (subject to hydrolysis) is 1. The molecule has 0 aromatic heterocycles. The van der Waals surface area contributed by atoms with Crippen LogP contribution in [0.5, 0.6) is 0 Å². The fourth-order valence-electron chi connectivity index (χ4n) is 2.15. The van der Waals surface area contributed by atoms with Gasteiger partial charge in [0.05, 0.1) is 13.2 Å². The molecular formula is C18H24N2O5. The molecule has 0 bridgehead atoms. The molecule has 7 nitrogen and oxygen atoms in total. The van der Waals surface area contributed by atoms with E-state index in [0.29, 0.717) is 13.0 Å². The van der Waals surface area contributed by atoms with E-state index in [1.54, 1.807) is 20.8 Å². The molecule has 1 saturated heterocycles. The maximum atomic E-state index is 12.4. The minimum atomic E-state index is -0.842. The molecule has 0 spiro atoms. The van der Waals surface area contributed by atoms with Gasteiger partial charge in [0.2, 0.25) is 5.91 Å². The molecule has 1 aromatic rings. The van der Waals surface area contributed by atoms with Crippen molar-refractivity contribution >= 4 is 17.8 Å². The Morgan fingerprint density at radius 3 is 2.44 bits per heavy atom. The van der Waals surface area contributed by atoms with Gasteiger partial charge in [0.15, 0.2) is 5.78 Å². The predicted molar refractivity (Wildman–Crippen MR) is 91.1 cm³/mol. The summed E-state index contributed by atoms with van der Waals surface area (Å²) in [5.41, 5.74) is 0.215. The monoisotopic (exact) mass is 348 g/mol. The first-order valence-corrected chi connectivity index (χ1v) is 8.20. The topological polar surface area (TPSA) is 97.0 Å². The quantitative estimate of drug-likeness (QED) is 0.722. The van der Waals surface area contributed by atoms with Crippen LogP contribution in [0.1, 0.15) is 26.3 Å². The van der Waals surface area contributed by atoms with Gasteiger partial charge in [-0.3, -0.25) is 9.59 Å². The number of ether oxygens (including phenoxy) is 2. The summed E-state index contributed by atoms with van der Waals surface area (Å²) in [6.45, 7) is 5.51. The van der Waals surface area contributed by atoms with Crippen molar-refractivity contribution in [3.05, 3.63) is 35.9 Å². The summed E-state index contributed by atoms with van der Waals surface area (Å²) >= 11 is 0. The minimum Gasteiger partial charge on any atom is -0.444 e. The first-order valence-electron chi connectivity index (χ1n) is 8.20. The van der Waals surface area contributed by atoms with Crippen molar-refractivity contribution in [1.82, 2.24) is 10.6 Å². The van der Waals surface area contributed by atoms with Crippen molar-refractivity contribution in [2.24, 2.45) is 0 Å². The van der Waals surface area contributed by atoms with Crippen LogP contribution < -0.4 is 10.6 Å². The number of amides is 2. The van der Waals surface area contributed by atoms with Crippen molar-refractivity contribution in [3.63, 3.8) is 0 Å². The maximum Gasteiger partial charge on any atom is 0.408 e. The zero-order valence-electron chi connectivity index (χ0n) is 14.7. The number of rotatable bonds is 7. The van der Waals surface area contributed by atoms with Crippen LogP contribution in [0.3, 0.4) is 0 Å². The largest absolute Gasteiger partial charge is 0.444 e. The first-order chi connectivity index (χ1) is 11.7. The normalized spacial score (nSPS) is 17.3. The van der Waals surface area contributed by atoms with Gasteiger partial charge in [-0.05, 0) is 26.3 Å². The average molecular weight is 348 g/mol. The van der Waals surface area contributed by atoms with E-state index in [2.05, 4.69) is 10.6 Å². The number of epoxide rings is 1. The van der Waals surface area contributed by atoms with E-state index in [9.17, 15) is 14.4 Å². The van der Waals surface area contributed by atoms with Crippen LogP contribution in [0, 0.1) is 0 Å². The third-order valence-corrected chi connectivity index (χ3v) is 3.42. The van der Waals surface area contributed by atoms with Gasteiger partial charge < -0.3 is 20.1 Å². The van der Waals surface area contributed by atoms with Crippen LogP contribution in [0.15, 0.2) is 30.3 Å². The number of carbonyl (C=O) groups is 3. The van der Waals surface area contributed by atoms with Gasteiger partial charge in [0, 0.05) is 6.42 Å². The second-order valence-electron chi connectivity index (χ2n) is 6.89. The molecule has 25 heavy (non-hydrogen) atoms. The lowest BCUT2D eigenvalue weighted by Gasteiger charge is -2.23. The molecule has 0 radical (unpaired) electrons. The SMILES string of the molecule is CC(C)(C)OC(=O)NC(Cc1ccccc1)C(=O)NCC(=O)C1CO1. The van der Waals surface area contributed by atoms with Crippen molar-refractivity contribution < 1.29 is 23.9 Å². The van der Waals surface area contributed by atoms with E-state index < -0.39 is 29.7 Å². The fraction of sp³-hybridized carbons (Fsp3) is 0.500. The molecule has 1 heterocycles. The number of hydrogen-bond donors (Lipinski definition) is 2. The van der Waals surface area contributed by atoms with E-state index in [0.717, 1.165) is 5.56 Å². The van der Waals surface area contributed by atoms with E-state index in [-0.39, 0.29) is 12.3 Å². The molecule has 2 rings (SSSR count). The summed E-state index contributed by atoms with van der Waals surface area (Å²) in [4.78, 5) is 36.1. The Hall–Kier alpha value is -2.41. The highest BCUT2D eigenvalue weighted by molar-refractivity contribution is 5.92. The minimum absolute atomic E-state index is 0.120. The molecule has 136 valence electrons. The summed E-state index contributed by atoms with van der Waals surface area (Å²) in [5.74, 6) is -0.618. The van der Waals surface area contributed by atoms with Crippen LogP contribution in [0.4, 0.5) is 4.79 Å². The Labute approximate surface area is 147 Å². The van der Waals surface area contributed by atoms with Crippen LogP contribution in [-0.4, -0.2) is 48.7 Å². The highest BCUT2D eigenvalue weighted by Crippen LogP contribution is 2.10. The second kappa shape index (κ2) is 8.11. The molecule has 2 unspecified atom stereocenters. The summed E-state index contributed by atoms with van der Waals surface area (Å²) < 4.78 is 10.1. The molecule has 1 fully saturated rings. The molecule has 2 N–H and O–H groups in total. The van der Waals surface area contributed by atoms with Gasteiger partial charge in [0.25, 0.3) is 0 Å². The Morgan fingerprint density at radius 1 is 1.24 bits per heavy atom. The molecule has 2 amide bonds. The lowest BCUT2D eigenvalue weighted by molar-refractivity contribution is -0.126. The van der Waals surface area contributed by atoms with Crippen LogP contribution in [0.25, 0.3) is 0 Å². The van der Waals surface area contributed by atoms with Gasteiger partial charge in [-0.15, -0.1) is 0 Å². The van der Waals surface area contributed by atoms with E-state index in [1.165, 1.54) is 0 Å². The van der Waals surface area contributed by atoms with E-state index in [4.69, 9.17) is 9.47 Å². The zero-order chi connectivity index (χ0) is 18.4. The van der Waals surface area contributed by atoms with Crippen molar-refractivity contribution in [1.29, 1.82) is 0 Å². The first kappa shape index (κ1) is 18.9. The highest BCUT2D eigenvalue weighted by atomic mass is 16.6. The third kappa shape index (κ3) is 6.93. The molecule has 1 aliphatic heterocycles. The van der Waals surface area contributed by atoms with Gasteiger partial charge >= 0.3 is 6.09 Å². The molecule has 7 heteroatoms. The van der Waals surface area contributed by atoms with Crippen LogP contribution in [0.2, 0.25) is 0 Å². The van der Waals surface area contributed by atoms with Gasteiger partial charge in [-0.1, -0.05) is 30.3 Å². The molecule has 2 atom stereocenters. The average Bonchev–Trinajstić information content (AvgIpc) is 3.35. The summed E-state index contributed by atoms with van der Waals surface area (Å²) in [7, 11) is 0. The summed E-state index contributed by atoms with van der Waals surface area (Å²) in [6, 6.07) is 8.46. The zero-order valence-corrected chi connectivity index (χ0v) is 14.7. The van der Waals surface area contributed by atoms with E-state index >= 15 is 0 Å². The van der Waals surface area contributed by atoms with Crippen molar-refractivity contribution in [3.8, 4) is 0 Å². The molecule has 1 aromatic carbocycles. The fourth-order valence-corrected chi connectivity index (χ4v) is 2.15. The van der Waals surface area contributed by atoms with Gasteiger partial charge in [-0.25, -0.2) is 4.79 Å². The van der Waals surface area contributed by atoms with Crippen molar-refractivity contribution in [2.75, 3.05) is 13.2 Å². The number of ketones is 1. The maximum absolute atomic E-state index is 12.4. The van der Waals surface area contributed by atoms with Gasteiger partial charge in [0.1, 0.15) is 17.7 Å². The van der Waals surface area contributed by atoms with E-state index in [1.807, 2.05) is 30.3 Å². The van der Waals surface area contributed by atoms with Crippen LogP contribution in [-0.2, 0) is 25.5 Å². The smallest absolute Gasteiger partial charge is 0.408 e. The highest BCUT2D eigenvalue weighted by Gasteiger charge is 2.32. The number of hydrogen-bond acceptors (Lipinski definition) is 5. The summed E-state index contributed by atoms with van der Waals surface area (Å²) in [6.07, 6.45) is -0.799. The standard InChI is InChI=1S/C18H24N2O5/c1-18(2,3)25-17(23)20-13(9-12-7-5-4-6-8-12)16(22)19-10-14(21)15-11-24-15/h4-8,13,15H,9-11H2,1-3H3,(H,19,22)(H,20,23). The predicted octanol–water partition coefficient (Wildman–Crippen LogP) is 1.21. The van der Waals surface area contributed by atoms with Crippen molar-refractivity contribution in [2.45, 2.75) is 44.9 Å². The Balaban J connectivity index is 1.98. The number of benzene rings is 1. The molecule has 1 aliphatic rings. The molecular weight excluding hydrogens is 324 g/mol. The molecule has 0 saturated carbocycles. The third-order valence-electron chi connectivity index (χ3n) is 3.42. The Morgan fingerprint density at radius 2 is 1.88 bits per heavy atom. The number of carbonyl (C=O) groups excluding carboxylic acids is 3. The lowest BCUT2D eigenvalue weighted by Crippen LogP contribution is -2.50.